The second-order valence-corrected chi connectivity index (χ2v) is 1.79. The molecule has 0 aliphatic rings. The second-order valence-electron chi connectivity index (χ2n) is 1.79. The lowest BCUT2D eigenvalue weighted by Gasteiger charge is -2.00. The number of carbonyl (C=O) groups is 1. The van der Waals surface area contributed by atoms with Gasteiger partial charge in [0, 0.05) is 6.07 Å². The van der Waals surface area contributed by atoms with Crippen LogP contribution in [0.2, 0.25) is 0 Å². The Morgan fingerprint density at radius 2 is 2.17 bits per heavy atom. The van der Waals surface area contributed by atoms with Gasteiger partial charge in [-0.05, 0) is 6.07 Å². The Bertz CT molecular complexity index is 263. The van der Waals surface area contributed by atoms with Crippen LogP contribution >= 0.6 is 0 Å². The largest absolute Gasteiger partial charge is 0.415 e. The fourth-order valence-electron chi connectivity index (χ4n) is 0.547. The first-order valence-corrected chi connectivity index (χ1v) is 2.96. The van der Waals surface area contributed by atoms with Crippen LogP contribution in [0.5, 0.6) is 5.88 Å². The SMILES string of the molecule is O=Cc1ccc(OC(F)F)nn1. The highest BCUT2D eigenvalue weighted by Crippen LogP contribution is 2.07. The summed E-state index contributed by atoms with van der Waals surface area (Å²) in [6.07, 6.45) is 0.457. The lowest BCUT2D eigenvalue weighted by atomic mass is 10.4. The zero-order chi connectivity index (χ0) is 8.97. The van der Waals surface area contributed by atoms with Gasteiger partial charge in [0.25, 0.3) is 0 Å². The zero-order valence-corrected chi connectivity index (χ0v) is 5.78. The average Bonchev–Trinajstić information content (AvgIpc) is 2.05. The van der Waals surface area contributed by atoms with Crippen molar-refractivity contribution in [2.75, 3.05) is 0 Å². The fraction of sp³-hybridized carbons (Fsp3) is 0.167. The predicted octanol–water partition coefficient (Wildman–Crippen LogP) is 0.890. The van der Waals surface area contributed by atoms with Gasteiger partial charge in [0.05, 0.1) is 0 Å². The minimum absolute atomic E-state index is 0.0663. The number of aromatic nitrogens is 2. The van der Waals surface area contributed by atoms with E-state index in [1.54, 1.807) is 0 Å². The molecule has 12 heavy (non-hydrogen) atoms. The third-order valence-corrected chi connectivity index (χ3v) is 0.991. The smallest absolute Gasteiger partial charge is 0.388 e. The highest BCUT2D eigenvalue weighted by molar-refractivity contribution is 5.71. The van der Waals surface area contributed by atoms with E-state index in [1.807, 2.05) is 0 Å². The minimum Gasteiger partial charge on any atom is -0.415 e. The summed E-state index contributed by atoms with van der Waals surface area (Å²) in [6, 6.07) is 2.38. The maximum atomic E-state index is 11.5. The van der Waals surface area contributed by atoms with Gasteiger partial charge >= 0.3 is 6.61 Å². The van der Waals surface area contributed by atoms with Gasteiger partial charge in [0.15, 0.2) is 6.29 Å². The normalized spacial score (nSPS) is 9.92. The van der Waals surface area contributed by atoms with Gasteiger partial charge in [-0.1, -0.05) is 0 Å². The first-order valence-electron chi connectivity index (χ1n) is 2.96. The van der Waals surface area contributed by atoms with Crippen molar-refractivity contribution < 1.29 is 18.3 Å². The first kappa shape index (κ1) is 8.51. The van der Waals surface area contributed by atoms with E-state index in [4.69, 9.17) is 0 Å². The van der Waals surface area contributed by atoms with Crippen LogP contribution in [0.25, 0.3) is 0 Å². The molecule has 0 bridgehead atoms. The lowest BCUT2D eigenvalue weighted by molar-refractivity contribution is -0.0534. The van der Waals surface area contributed by atoms with Crippen LogP contribution in [0, 0.1) is 0 Å². The third kappa shape index (κ3) is 2.22. The summed E-state index contributed by atoms with van der Waals surface area (Å²) in [7, 11) is 0. The van der Waals surface area contributed by atoms with E-state index < -0.39 is 6.61 Å². The van der Waals surface area contributed by atoms with E-state index in [2.05, 4.69) is 14.9 Å². The van der Waals surface area contributed by atoms with Crippen molar-refractivity contribution in [1.29, 1.82) is 0 Å². The molecule has 0 N–H and O–H groups in total. The molecule has 0 aliphatic heterocycles. The lowest BCUT2D eigenvalue weighted by Crippen LogP contribution is -2.04. The number of ether oxygens (including phenoxy) is 1. The molecule has 0 aliphatic carbocycles. The number of halogens is 2. The number of rotatable bonds is 3. The summed E-state index contributed by atoms with van der Waals surface area (Å²) in [5, 5.41) is 6.48. The van der Waals surface area contributed by atoms with Crippen LogP contribution in [0.4, 0.5) is 8.78 Å². The number of aldehydes is 1. The number of hydrogen-bond donors (Lipinski definition) is 0. The molecule has 1 heterocycles. The Kier molecular flexibility index (Phi) is 2.62. The molecule has 6 heteroatoms. The van der Waals surface area contributed by atoms with E-state index in [1.165, 1.54) is 6.07 Å². The van der Waals surface area contributed by atoms with E-state index in [0.29, 0.717) is 6.29 Å². The van der Waals surface area contributed by atoms with Gasteiger partial charge < -0.3 is 4.74 Å². The summed E-state index contributed by atoms with van der Waals surface area (Å²) < 4.78 is 27.0. The minimum atomic E-state index is -2.93. The number of alkyl halides is 2. The zero-order valence-electron chi connectivity index (χ0n) is 5.78. The van der Waals surface area contributed by atoms with E-state index >= 15 is 0 Å². The molecule has 0 saturated carbocycles. The number of nitrogens with zero attached hydrogens (tertiary/aromatic N) is 2. The maximum Gasteiger partial charge on any atom is 0.388 e. The van der Waals surface area contributed by atoms with Gasteiger partial charge in [0.1, 0.15) is 5.69 Å². The molecule has 0 saturated heterocycles. The highest BCUT2D eigenvalue weighted by Gasteiger charge is 2.04. The Hall–Kier alpha value is -1.59. The van der Waals surface area contributed by atoms with E-state index in [0.717, 1.165) is 6.07 Å². The van der Waals surface area contributed by atoms with Crippen molar-refractivity contribution in [1.82, 2.24) is 10.2 Å². The summed E-state index contributed by atoms with van der Waals surface area (Å²) >= 11 is 0. The van der Waals surface area contributed by atoms with Gasteiger partial charge in [0.2, 0.25) is 5.88 Å². The maximum absolute atomic E-state index is 11.5. The summed E-state index contributed by atoms with van der Waals surface area (Å²) in [5.41, 5.74) is 0.0663. The molecule has 1 aromatic heterocycles. The van der Waals surface area contributed by atoms with E-state index in [9.17, 15) is 13.6 Å². The van der Waals surface area contributed by atoms with Crippen LogP contribution in [0.15, 0.2) is 12.1 Å². The van der Waals surface area contributed by atoms with Crippen molar-refractivity contribution in [3.8, 4) is 5.88 Å². The molecule has 0 radical (unpaired) electrons. The molecular formula is C6H4F2N2O2. The summed E-state index contributed by atoms with van der Waals surface area (Å²) in [5.74, 6) is -0.310. The summed E-state index contributed by atoms with van der Waals surface area (Å²) in [6.45, 7) is -2.93. The van der Waals surface area contributed by atoms with Crippen molar-refractivity contribution in [3.05, 3.63) is 17.8 Å². The van der Waals surface area contributed by atoms with E-state index in [-0.39, 0.29) is 11.6 Å². The Balaban J connectivity index is 2.71. The van der Waals surface area contributed by atoms with Gasteiger partial charge in [-0.3, -0.25) is 4.79 Å². The molecule has 0 spiro atoms. The van der Waals surface area contributed by atoms with Crippen molar-refractivity contribution in [3.63, 3.8) is 0 Å². The molecular weight excluding hydrogens is 170 g/mol. The molecule has 64 valence electrons. The monoisotopic (exact) mass is 174 g/mol. The van der Waals surface area contributed by atoms with Gasteiger partial charge in [-0.2, -0.15) is 8.78 Å². The first-order chi connectivity index (χ1) is 5.72. The van der Waals surface area contributed by atoms with Crippen molar-refractivity contribution in [2.45, 2.75) is 6.61 Å². The second kappa shape index (κ2) is 3.70. The van der Waals surface area contributed by atoms with Crippen LogP contribution in [0.1, 0.15) is 10.5 Å². The van der Waals surface area contributed by atoms with Crippen molar-refractivity contribution >= 4 is 6.29 Å². The molecule has 1 rings (SSSR count). The molecule has 0 amide bonds. The molecule has 0 atom stereocenters. The molecule has 1 aromatic rings. The number of carbonyl (C=O) groups excluding carboxylic acids is 1. The Morgan fingerprint density at radius 3 is 2.58 bits per heavy atom. The quantitative estimate of drug-likeness (QED) is 0.638. The molecule has 0 unspecified atom stereocenters. The third-order valence-electron chi connectivity index (χ3n) is 0.991. The van der Waals surface area contributed by atoms with Crippen molar-refractivity contribution in [2.24, 2.45) is 0 Å². The standard InChI is InChI=1S/C6H4F2N2O2/c7-6(8)12-5-2-1-4(3-11)9-10-5/h1-3,6H. The van der Waals surface area contributed by atoms with Gasteiger partial charge in [-0.15, -0.1) is 10.2 Å². The van der Waals surface area contributed by atoms with Crippen LogP contribution in [-0.4, -0.2) is 23.1 Å². The Labute approximate surface area is 66.2 Å². The predicted molar refractivity (Wildman–Crippen MR) is 34.1 cm³/mol. The van der Waals surface area contributed by atoms with Crippen LogP contribution in [-0.2, 0) is 0 Å². The molecule has 4 nitrogen and oxygen atoms in total. The average molecular weight is 174 g/mol. The van der Waals surface area contributed by atoms with Crippen LogP contribution in [0.3, 0.4) is 0 Å². The molecule has 0 aromatic carbocycles. The molecule has 0 fully saturated rings. The Morgan fingerprint density at radius 1 is 1.42 bits per heavy atom. The topological polar surface area (TPSA) is 52.1 Å². The van der Waals surface area contributed by atoms with Gasteiger partial charge in [-0.25, -0.2) is 0 Å². The fourth-order valence-corrected chi connectivity index (χ4v) is 0.547. The van der Waals surface area contributed by atoms with Crippen LogP contribution < -0.4 is 4.74 Å². The number of hydrogen-bond acceptors (Lipinski definition) is 4. The summed E-state index contributed by atoms with van der Waals surface area (Å²) in [4.78, 5) is 10.0. The highest BCUT2D eigenvalue weighted by atomic mass is 19.3.